The Morgan fingerprint density at radius 2 is 1.88 bits per heavy atom. The molecule has 0 saturated heterocycles. The Labute approximate surface area is 215 Å². The van der Waals surface area contributed by atoms with Crippen molar-refractivity contribution in [2.75, 3.05) is 44.4 Å². The summed E-state index contributed by atoms with van der Waals surface area (Å²) in [5, 5.41) is 1.49. The van der Waals surface area contributed by atoms with E-state index in [-0.39, 0.29) is 18.3 Å². The number of carbonyl (C=O) groups excluding carboxylic acids is 1. The van der Waals surface area contributed by atoms with Crippen LogP contribution in [-0.2, 0) is 4.79 Å². The third-order valence-corrected chi connectivity index (χ3v) is 7.20. The van der Waals surface area contributed by atoms with Gasteiger partial charge in [0.1, 0.15) is 11.3 Å². The molecule has 0 aliphatic carbocycles. The second-order valence-electron chi connectivity index (χ2n) is 7.64. The number of ether oxygens (including phenoxy) is 1. The van der Waals surface area contributed by atoms with Gasteiger partial charge in [-0.05, 0) is 82.6 Å². The van der Waals surface area contributed by atoms with Crippen LogP contribution in [0.15, 0.2) is 47.4 Å². The second kappa shape index (κ2) is 14.0. The zero-order chi connectivity index (χ0) is 22.9. The van der Waals surface area contributed by atoms with E-state index in [9.17, 15) is 4.79 Å². The highest BCUT2D eigenvalue weighted by atomic mass is 35.5. The summed E-state index contributed by atoms with van der Waals surface area (Å²) in [6.45, 7) is 4.13. The monoisotopic (exact) mass is 527 g/mol. The molecule has 3 aromatic rings. The second-order valence-corrected chi connectivity index (χ2v) is 10.3. The summed E-state index contributed by atoms with van der Waals surface area (Å²) >= 11 is 9.25. The molecule has 0 N–H and O–H groups in total. The molecule has 0 fully saturated rings. The molecule has 0 aliphatic heterocycles. The Morgan fingerprint density at radius 3 is 2.58 bits per heavy atom. The van der Waals surface area contributed by atoms with Gasteiger partial charge in [-0.2, -0.15) is 0 Å². The minimum atomic E-state index is 0. The molecule has 5 nitrogen and oxygen atoms in total. The Kier molecular flexibility index (Phi) is 11.8. The smallest absolute Gasteiger partial charge is 0.228 e. The Morgan fingerprint density at radius 1 is 1.12 bits per heavy atom. The van der Waals surface area contributed by atoms with Crippen molar-refractivity contribution in [1.29, 1.82) is 0 Å². The Hall–Kier alpha value is -1.51. The summed E-state index contributed by atoms with van der Waals surface area (Å²) < 4.78 is 6.77. The van der Waals surface area contributed by atoms with Crippen molar-refractivity contribution in [2.45, 2.75) is 31.1 Å². The first-order chi connectivity index (χ1) is 15.5. The van der Waals surface area contributed by atoms with E-state index in [1.165, 1.54) is 4.90 Å². The van der Waals surface area contributed by atoms with Gasteiger partial charge in [0.15, 0.2) is 5.13 Å². The van der Waals surface area contributed by atoms with Crippen LogP contribution in [0.1, 0.15) is 26.2 Å². The van der Waals surface area contributed by atoms with Crippen molar-refractivity contribution in [2.24, 2.45) is 0 Å². The maximum atomic E-state index is 13.2. The van der Waals surface area contributed by atoms with E-state index < -0.39 is 0 Å². The molecule has 2 aromatic carbocycles. The molecule has 9 heteroatoms. The molecular formula is C24H31Cl2N3O2S2. The van der Waals surface area contributed by atoms with Crippen molar-refractivity contribution < 1.29 is 9.53 Å². The van der Waals surface area contributed by atoms with Gasteiger partial charge >= 0.3 is 0 Å². The standard InChI is InChI=1S/C24H30ClN3O2S2.ClH/c1-4-30-20-8-5-9-21-23(20)26-24(32-21)28(16-7-15-27(2)3)22(29)10-6-17-31-19-13-11-18(25)12-14-19;/h5,8-9,11-14H,4,6-7,10,15-17H2,1-3H3;1H. The number of amides is 1. The van der Waals surface area contributed by atoms with Crippen LogP contribution in [-0.4, -0.2) is 55.3 Å². The maximum Gasteiger partial charge on any atom is 0.228 e. The van der Waals surface area contributed by atoms with Crippen LogP contribution in [0, 0.1) is 0 Å². The fourth-order valence-corrected chi connectivity index (χ4v) is 5.26. The van der Waals surface area contributed by atoms with Crippen molar-refractivity contribution in [1.82, 2.24) is 9.88 Å². The molecule has 0 radical (unpaired) electrons. The summed E-state index contributed by atoms with van der Waals surface area (Å²) in [6, 6.07) is 13.8. The van der Waals surface area contributed by atoms with Crippen molar-refractivity contribution in [3.63, 3.8) is 0 Å². The molecule has 1 amide bonds. The molecule has 1 heterocycles. The normalized spacial score (nSPS) is 10.9. The maximum absolute atomic E-state index is 13.2. The van der Waals surface area contributed by atoms with Crippen LogP contribution in [0.4, 0.5) is 5.13 Å². The first kappa shape index (κ1) is 27.7. The summed E-state index contributed by atoms with van der Waals surface area (Å²) in [7, 11) is 4.10. The van der Waals surface area contributed by atoms with Gasteiger partial charge in [0, 0.05) is 22.9 Å². The Balaban J connectivity index is 0.00000385. The van der Waals surface area contributed by atoms with Crippen molar-refractivity contribution in [3.05, 3.63) is 47.5 Å². The molecule has 33 heavy (non-hydrogen) atoms. The van der Waals surface area contributed by atoms with E-state index in [0.717, 1.165) is 51.3 Å². The van der Waals surface area contributed by atoms with Crippen LogP contribution >= 0.6 is 47.1 Å². The van der Waals surface area contributed by atoms with Gasteiger partial charge in [0.25, 0.3) is 0 Å². The van der Waals surface area contributed by atoms with E-state index in [4.69, 9.17) is 21.3 Å². The lowest BCUT2D eigenvalue weighted by Crippen LogP contribution is -2.33. The third kappa shape index (κ3) is 8.34. The largest absolute Gasteiger partial charge is 0.492 e. The van der Waals surface area contributed by atoms with Gasteiger partial charge in [0.2, 0.25) is 5.91 Å². The van der Waals surface area contributed by atoms with Crippen LogP contribution in [0.2, 0.25) is 5.02 Å². The number of rotatable bonds is 12. The molecule has 0 spiro atoms. The highest BCUT2D eigenvalue weighted by molar-refractivity contribution is 7.99. The van der Waals surface area contributed by atoms with E-state index in [1.807, 2.05) is 68.4 Å². The van der Waals surface area contributed by atoms with Crippen LogP contribution in [0.3, 0.4) is 0 Å². The number of fused-ring (bicyclic) bond motifs is 1. The Bertz CT molecular complexity index is 1010. The number of hydrogen-bond acceptors (Lipinski definition) is 6. The number of thioether (sulfide) groups is 1. The molecule has 0 atom stereocenters. The first-order valence-electron chi connectivity index (χ1n) is 10.8. The zero-order valence-electron chi connectivity index (χ0n) is 19.3. The minimum Gasteiger partial charge on any atom is -0.492 e. The number of halogens is 2. The predicted octanol–water partition coefficient (Wildman–Crippen LogP) is 6.63. The van der Waals surface area contributed by atoms with Gasteiger partial charge in [0.05, 0.1) is 11.3 Å². The number of para-hydroxylation sites is 1. The van der Waals surface area contributed by atoms with E-state index >= 15 is 0 Å². The quantitative estimate of drug-likeness (QED) is 0.195. The van der Waals surface area contributed by atoms with Gasteiger partial charge in [-0.3, -0.25) is 9.69 Å². The highest BCUT2D eigenvalue weighted by Gasteiger charge is 2.20. The summed E-state index contributed by atoms with van der Waals surface area (Å²) in [5.41, 5.74) is 0.832. The average Bonchev–Trinajstić information content (AvgIpc) is 3.20. The zero-order valence-corrected chi connectivity index (χ0v) is 22.5. The van der Waals surface area contributed by atoms with Gasteiger partial charge in [-0.15, -0.1) is 24.2 Å². The lowest BCUT2D eigenvalue weighted by atomic mass is 10.3. The number of thiazole rings is 1. The van der Waals surface area contributed by atoms with Gasteiger partial charge in [-0.1, -0.05) is 29.0 Å². The van der Waals surface area contributed by atoms with Crippen LogP contribution in [0.5, 0.6) is 5.75 Å². The average molecular weight is 529 g/mol. The number of aromatic nitrogens is 1. The number of benzene rings is 2. The fraction of sp³-hybridized carbons (Fsp3) is 0.417. The third-order valence-electron chi connectivity index (χ3n) is 4.81. The molecule has 0 unspecified atom stereocenters. The lowest BCUT2D eigenvalue weighted by Gasteiger charge is -2.21. The molecule has 3 rings (SSSR count). The summed E-state index contributed by atoms with van der Waals surface area (Å²) in [5.74, 6) is 1.78. The SMILES string of the molecule is CCOc1cccc2sc(N(CCCN(C)C)C(=O)CCCSc3ccc(Cl)cc3)nc12.Cl. The number of anilines is 1. The minimum absolute atomic E-state index is 0. The van der Waals surface area contributed by atoms with E-state index in [1.54, 1.807) is 23.1 Å². The fourth-order valence-electron chi connectivity index (χ4n) is 3.25. The summed E-state index contributed by atoms with van der Waals surface area (Å²) in [4.78, 5) is 23.1. The topological polar surface area (TPSA) is 45.7 Å². The first-order valence-corrected chi connectivity index (χ1v) is 13.0. The highest BCUT2D eigenvalue weighted by Crippen LogP contribution is 2.34. The molecule has 0 aliphatic rings. The summed E-state index contributed by atoms with van der Waals surface area (Å²) in [6.07, 6.45) is 2.20. The van der Waals surface area contributed by atoms with Gasteiger partial charge < -0.3 is 9.64 Å². The van der Waals surface area contributed by atoms with E-state index in [0.29, 0.717) is 19.6 Å². The number of hydrogen-bond donors (Lipinski definition) is 0. The molecular weight excluding hydrogens is 497 g/mol. The van der Waals surface area contributed by atoms with Crippen LogP contribution in [0.25, 0.3) is 10.2 Å². The predicted molar refractivity (Wildman–Crippen MR) is 145 cm³/mol. The number of carbonyl (C=O) groups is 1. The van der Waals surface area contributed by atoms with Crippen molar-refractivity contribution >= 4 is 68.4 Å². The molecule has 1 aromatic heterocycles. The lowest BCUT2D eigenvalue weighted by molar-refractivity contribution is -0.118. The van der Waals surface area contributed by atoms with Crippen molar-refractivity contribution in [3.8, 4) is 5.75 Å². The van der Waals surface area contributed by atoms with Gasteiger partial charge in [-0.25, -0.2) is 4.98 Å². The number of nitrogens with zero attached hydrogens (tertiary/aromatic N) is 3. The van der Waals surface area contributed by atoms with E-state index in [2.05, 4.69) is 4.90 Å². The molecule has 0 saturated carbocycles. The molecule has 180 valence electrons. The molecule has 0 bridgehead atoms. The van der Waals surface area contributed by atoms with Crippen LogP contribution < -0.4 is 9.64 Å².